The van der Waals surface area contributed by atoms with Crippen molar-refractivity contribution in [2.24, 2.45) is 10.9 Å². The largest absolute Gasteiger partial charge is 0.264 e. The molecule has 1 atom stereocenters. The molecule has 90 valence electrons. The van der Waals surface area contributed by atoms with Crippen molar-refractivity contribution in [2.45, 2.75) is 30.7 Å². The molecule has 1 heterocycles. The van der Waals surface area contributed by atoms with Crippen LogP contribution in [0.3, 0.4) is 0 Å². The van der Waals surface area contributed by atoms with Crippen molar-refractivity contribution in [3.05, 3.63) is 29.8 Å². The van der Waals surface area contributed by atoms with Gasteiger partial charge in [0.1, 0.15) is 5.84 Å². The molecule has 0 bridgehead atoms. The van der Waals surface area contributed by atoms with Crippen molar-refractivity contribution >= 4 is 15.9 Å². The molecule has 0 aromatic heterocycles. The highest BCUT2D eigenvalue weighted by Crippen LogP contribution is 2.34. The lowest BCUT2D eigenvalue weighted by Gasteiger charge is -2.05. The van der Waals surface area contributed by atoms with Gasteiger partial charge in [-0.05, 0) is 37.8 Å². The third-order valence-electron chi connectivity index (χ3n) is 3.30. The molecular formula is C12H14N2O2S. The van der Waals surface area contributed by atoms with Crippen LogP contribution in [0.1, 0.15) is 25.3 Å². The zero-order valence-electron chi connectivity index (χ0n) is 9.55. The lowest BCUT2D eigenvalue weighted by atomic mass is 10.2. The second-order valence-electron chi connectivity index (χ2n) is 4.66. The highest BCUT2D eigenvalue weighted by atomic mass is 32.2. The smallest absolute Gasteiger partial charge is 0.263 e. The molecule has 0 radical (unpaired) electrons. The van der Waals surface area contributed by atoms with Gasteiger partial charge in [-0.25, -0.2) is 8.42 Å². The number of nitrogens with one attached hydrogen (secondary N) is 1. The summed E-state index contributed by atoms with van der Waals surface area (Å²) in [5.41, 5.74) is 0.694. The van der Waals surface area contributed by atoms with E-state index in [-0.39, 0.29) is 6.04 Å². The monoisotopic (exact) mass is 250 g/mol. The first-order chi connectivity index (χ1) is 8.08. The van der Waals surface area contributed by atoms with Crippen molar-refractivity contribution in [2.75, 3.05) is 0 Å². The van der Waals surface area contributed by atoms with E-state index in [2.05, 4.69) is 9.71 Å². The van der Waals surface area contributed by atoms with Crippen molar-refractivity contribution in [3.8, 4) is 0 Å². The predicted octanol–water partition coefficient (Wildman–Crippen LogP) is 1.52. The molecule has 3 rings (SSSR count). The predicted molar refractivity (Wildman–Crippen MR) is 65.5 cm³/mol. The number of aliphatic imine (C=N–C) groups is 1. The Balaban J connectivity index is 2.04. The maximum Gasteiger partial charge on any atom is 0.263 e. The van der Waals surface area contributed by atoms with E-state index < -0.39 is 10.0 Å². The number of rotatable bonds is 2. The summed E-state index contributed by atoms with van der Waals surface area (Å²) in [4.78, 5) is 4.84. The summed E-state index contributed by atoms with van der Waals surface area (Å²) in [6.07, 6.45) is 2.40. The first-order valence-corrected chi connectivity index (χ1v) is 7.26. The molecule has 0 unspecified atom stereocenters. The van der Waals surface area contributed by atoms with E-state index in [0.717, 1.165) is 0 Å². The standard InChI is InChI=1S/C12H14N2O2S/c1-8(9-6-7-9)13-12-10-4-2-3-5-11(10)17(15,16)14-12/h2-5,8-9H,6-7H2,1H3,(H,13,14)/t8-/m1/s1. The molecular weight excluding hydrogens is 236 g/mol. The molecule has 0 saturated heterocycles. The van der Waals surface area contributed by atoms with Gasteiger partial charge in [-0.15, -0.1) is 0 Å². The number of hydrogen-bond donors (Lipinski definition) is 1. The first kappa shape index (κ1) is 10.8. The molecule has 1 N–H and O–H groups in total. The minimum Gasteiger partial charge on any atom is -0.264 e. The minimum atomic E-state index is -3.39. The second kappa shape index (κ2) is 3.57. The molecule has 4 nitrogen and oxygen atoms in total. The molecule has 0 spiro atoms. The quantitative estimate of drug-likeness (QED) is 0.865. The van der Waals surface area contributed by atoms with E-state index in [1.54, 1.807) is 18.2 Å². The second-order valence-corrected chi connectivity index (χ2v) is 6.31. The fourth-order valence-electron chi connectivity index (χ4n) is 2.12. The van der Waals surface area contributed by atoms with E-state index >= 15 is 0 Å². The maximum absolute atomic E-state index is 11.8. The molecule has 1 aliphatic heterocycles. The summed E-state index contributed by atoms with van der Waals surface area (Å²) in [6, 6.07) is 7.16. The van der Waals surface area contributed by atoms with Crippen LogP contribution < -0.4 is 4.72 Å². The van der Waals surface area contributed by atoms with Crippen LogP contribution in [-0.4, -0.2) is 20.3 Å². The van der Waals surface area contributed by atoms with Gasteiger partial charge >= 0.3 is 0 Å². The number of sulfonamides is 1. The highest BCUT2D eigenvalue weighted by Gasteiger charge is 2.33. The van der Waals surface area contributed by atoms with Crippen LogP contribution in [-0.2, 0) is 10.0 Å². The molecule has 1 aliphatic carbocycles. The molecule has 1 fully saturated rings. The van der Waals surface area contributed by atoms with Gasteiger partial charge < -0.3 is 0 Å². The van der Waals surface area contributed by atoms with Crippen molar-refractivity contribution in [3.63, 3.8) is 0 Å². The summed E-state index contributed by atoms with van der Waals surface area (Å²) in [5, 5.41) is 0. The van der Waals surface area contributed by atoms with Crippen LogP contribution in [0.4, 0.5) is 0 Å². The summed E-state index contributed by atoms with van der Waals surface area (Å²) >= 11 is 0. The summed E-state index contributed by atoms with van der Waals surface area (Å²) in [7, 11) is -3.39. The Labute approximate surface area is 101 Å². The lowest BCUT2D eigenvalue weighted by molar-refractivity contribution is 0.594. The number of amidine groups is 1. The van der Waals surface area contributed by atoms with Crippen molar-refractivity contribution < 1.29 is 8.42 Å². The van der Waals surface area contributed by atoms with E-state index in [9.17, 15) is 8.42 Å². The van der Waals surface area contributed by atoms with Gasteiger partial charge in [0.2, 0.25) is 0 Å². The van der Waals surface area contributed by atoms with E-state index in [1.807, 2.05) is 13.0 Å². The Bertz CT molecular complexity index is 588. The molecule has 2 aliphatic rings. The Morgan fingerprint density at radius 1 is 1.35 bits per heavy atom. The van der Waals surface area contributed by atoms with Crippen molar-refractivity contribution in [1.82, 2.24) is 4.72 Å². The van der Waals surface area contributed by atoms with Crippen LogP contribution in [0.5, 0.6) is 0 Å². The minimum absolute atomic E-state index is 0.193. The van der Waals surface area contributed by atoms with Crippen molar-refractivity contribution in [1.29, 1.82) is 0 Å². The Kier molecular flexibility index (Phi) is 2.26. The molecule has 1 aromatic carbocycles. The number of hydrogen-bond acceptors (Lipinski definition) is 3. The third kappa shape index (κ3) is 1.84. The Hall–Kier alpha value is -1.36. The van der Waals surface area contributed by atoms with Gasteiger partial charge in [-0.2, -0.15) is 0 Å². The summed E-state index contributed by atoms with van der Waals surface area (Å²) in [6.45, 7) is 2.04. The number of benzene rings is 1. The maximum atomic E-state index is 11.8. The molecule has 1 saturated carbocycles. The number of fused-ring (bicyclic) bond motifs is 1. The lowest BCUT2D eigenvalue weighted by Crippen LogP contribution is -2.24. The molecule has 0 amide bonds. The van der Waals surface area contributed by atoms with E-state index in [0.29, 0.717) is 22.2 Å². The third-order valence-corrected chi connectivity index (χ3v) is 4.70. The number of nitrogens with zero attached hydrogens (tertiary/aromatic N) is 1. The fourth-order valence-corrected chi connectivity index (χ4v) is 3.36. The van der Waals surface area contributed by atoms with E-state index in [1.165, 1.54) is 12.8 Å². The van der Waals surface area contributed by atoms with Gasteiger partial charge in [0.25, 0.3) is 10.0 Å². The topological polar surface area (TPSA) is 58.5 Å². The van der Waals surface area contributed by atoms with Crippen LogP contribution in [0.15, 0.2) is 34.2 Å². The van der Waals surface area contributed by atoms with E-state index in [4.69, 9.17) is 0 Å². The normalized spacial score (nSPS) is 25.4. The average Bonchev–Trinajstić information content (AvgIpc) is 3.08. The first-order valence-electron chi connectivity index (χ1n) is 5.78. The average molecular weight is 250 g/mol. The summed E-state index contributed by atoms with van der Waals surface area (Å²) < 4.78 is 26.2. The molecule has 17 heavy (non-hydrogen) atoms. The Morgan fingerprint density at radius 2 is 2.06 bits per heavy atom. The highest BCUT2D eigenvalue weighted by molar-refractivity contribution is 7.90. The summed E-state index contributed by atoms with van der Waals surface area (Å²) in [5.74, 6) is 1.12. The van der Waals surface area contributed by atoms with Crippen LogP contribution >= 0.6 is 0 Å². The molecule has 1 aromatic rings. The zero-order chi connectivity index (χ0) is 12.0. The van der Waals surface area contributed by atoms with Crippen LogP contribution in [0.2, 0.25) is 0 Å². The van der Waals surface area contributed by atoms with Gasteiger partial charge in [0.15, 0.2) is 0 Å². The van der Waals surface area contributed by atoms with Gasteiger partial charge in [0, 0.05) is 5.56 Å². The van der Waals surface area contributed by atoms with Gasteiger partial charge in [-0.1, -0.05) is 12.1 Å². The fraction of sp³-hybridized carbons (Fsp3) is 0.417. The van der Waals surface area contributed by atoms with Gasteiger partial charge in [0.05, 0.1) is 10.9 Å². The zero-order valence-corrected chi connectivity index (χ0v) is 10.4. The Morgan fingerprint density at radius 3 is 2.76 bits per heavy atom. The van der Waals surface area contributed by atoms with Crippen LogP contribution in [0.25, 0.3) is 0 Å². The SMILES string of the molecule is C[C@@H](N=C1NS(=O)(=O)c2ccccc21)C1CC1. The molecule has 5 heteroatoms. The van der Waals surface area contributed by atoms with Crippen LogP contribution in [0, 0.1) is 5.92 Å². The van der Waals surface area contributed by atoms with Gasteiger partial charge in [-0.3, -0.25) is 9.71 Å².